The first-order valence-corrected chi connectivity index (χ1v) is 13.4. The number of carbonyl (C=O) groups excluding carboxylic acids is 1. The molecule has 1 aliphatic rings. The summed E-state index contributed by atoms with van der Waals surface area (Å²) in [5, 5.41) is 0.922. The van der Waals surface area contributed by atoms with Crippen molar-refractivity contribution in [2.45, 2.75) is 32.4 Å². The van der Waals surface area contributed by atoms with Crippen molar-refractivity contribution in [2.75, 3.05) is 26.8 Å². The lowest BCUT2D eigenvalue weighted by Crippen LogP contribution is -2.41. The van der Waals surface area contributed by atoms with Crippen LogP contribution in [0.2, 0.25) is 0 Å². The number of H-pyrrole nitrogens is 1. The number of aromatic amines is 1. The minimum atomic E-state index is -0.0946. The standard InChI is InChI=1S/C31H32N4O4/c1-3-39-29-13-7-12-26-24(29)19-28(34(26)20-21-8-6-9-23(18-21)38-2)30(36)33-16-14-22(15-17-33)35-27-11-5-4-10-25(27)32-31(35)37/h4-13,18-19,22H,3,14-17,20H2,1-2H3,(H,32,37). The highest BCUT2D eigenvalue weighted by Gasteiger charge is 2.29. The molecule has 0 aliphatic carbocycles. The van der Waals surface area contributed by atoms with Crippen molar-refractivity contribution < 1.29 is 14.3 Å². The van der Waals surface area contributed by atoms with E-state index >= 15 is 0 Å². The van der Waals surface area contributed by atoms with Gasteiger partial charge in [0.05, 0.1) is 30.3 Å². The third kappa shape index (κ3) is 4.56. The molecule has 0 bridgehead atoms. The number of amides is 1. The molecule has 3 heterocycles. The number of imidazole rings is 1. The van der Waals surface area contributed by atoms with Crippen molar-refractivity contribution in [3.05, 3.63) is 94.5 Å². The van der Waals surface area contributed by atoms with Crippen LogP contribution in [0.1, 0.15) is 41.9 Å². The van der Waals surface area contributed by atoms with Gasteiger partial charge in [-0.25, -0.2) is 4.79 Å². The number of piperidine rings is 1. The third-order valence-electron chi connectivity index (χ3n) is 7.64. The second-order valence-electron chi connectivity index (χ2n) is 9.93. The maximum Gasteiger partial charge on any atom is 0.326 e. The Morgan fingerprint density at radius 3 is 2.54 bits per heavy atom. The van der Waals surface area contributed by atoms with Gasteiger partial charge in [-0.3, -0.25) is 9.36 Å². The first-order chi connectivity index (χ1) is 19.1. The summed E-state index contributed by atoms with van der Waals surface area (Å²) in [6, 6.07) is 23.6. The van der Waals surface area contributed by atoms with E-state index in [4.69, 9.17) is 9.47 Å². The van der Waals surface area contributed by atoms with Crippen LogP contribution in [0.4, 0.5) is 0 Å². The van der Waals surface area contributed by atoms with Gasteiger partial charge in [-0.15, -0.1) is 0 Å². The van der Waals surface area contributed by atoms with Gasteiger partial charge in [0, 0.05) is 31.1 Å². The fourth-order valence-corrected chi connectivity index (χ4v) is 5.77. The minimum Gasteiger partial charge on any atom is -0.497 e. The molecular weight excluding hydrogens is 492 g/mol. The van der Waals surface area contributed by atoms with E-state index < -0.39 is 0 Å². The molecule has 0 spiro atoms. The summed E-state index contributed by atoms with van der Waals surface area (Å²) >= 11 is 0. The Hall–Kier alpha value is -4.46. The number of aromatic nitrogens is 3. The fraction of sp³-hybridized carbons (Fsp3) is 0.290. The molecule has 1 saturated heterocycles. The molecule has 0 unspecified atom stereocenters. The van der Waals surface area contributed by atoms with E-state index in [9.17, 15) is 9.59 Å². The lowest BCUT2D eigenvalue weighted by Gasteiger charge is -2.32. The monoisotopic (exact) mass is 524 g/mol. The second-order valence-corrected chi connectivity index (χ2v) is 9.93. The first-order valence-electron chi connectivity index (χ1n) is 13.4. The van der Waals surface area contributed by atoms with Gasteiger partial charge in [-0.05, 0) is 67.8 Å². The smallest absolute Gasteiger partial charge is 0.326 e. The number of para-hydroxylation sites is 2. The van der Waals surface area contributed by atoms with Gasteiger partial charge in [0.25, 0.3) is 5.91 Å². The zero-order valence-corrected chi connectivity index (χ0v) is 22.2. The first kappa shape index (κ1) is 24.9. The molecule has 1 amide bonds. The SMILES string of the molecule is CCOc1cccc2c1cc(C(=O)N1CCC(n3c(=O)[nH]c4ccccc43)CC1)n2Cc1cccc(OC)c1. The van der Waals surface area contributed by atoms with Gasteiger partial charge in [0.1, 0.15) is 17.2 Å². The topological polar surface area (TPSA) is 81.5 Å². The molecule has 200 valence electrons. The van der Waals surface area contributed by atoms with Crippen molar-refractivity contribution in [1.29, 1.82) is 0 Å². The molecule has 3 aromatic carbocycles. The number of carbonyl (C=O) groups is 1. The van der Waals surface area contributed by atoms with Crippen LogP contribution in [0.25, 0.3) is 21.9 Å². The maximum absolute atomic E-state index is 14.0. The van der Waals surface area contributed by atoms with Crippen molar-refractivity contribution in [2.24, 2.45) is 0 Å². The molecule has 2 aromatic heterocycles. The van der Waals surface area contributed by atoms with Crippen LogP contribution in [-0.2, 0) is 6.54 Å². The highest BCUT2D eigenvalue weighted by molar-refractivity contribution is 6.00. The van der Waals surface area contributed by atoms with Crippen molar-refractivity contribution in [1.82, 2.24) is 19.0 Å². The molecule has 0 radical (unpaired) electrons. The molecule has 8 nitrogen and oxygen atoms in total. The molecule has 1 N–H and O–H groups in total. The van der Waals surface area contributed by atoms with Crippen LogP contribution < -0.4 is 15.2 Å². The summed E-state index contributed by atoms with van der Waals surface area (Å²) in [5.74, 6) is 1.54. The molecule has 6 rings (SSSR count). The Labute approximate surface area is 226 Å². The van der Waals surface area contributed by atoms with E-state index in [1.165, 1.54) is 0 Å². The molecule has 39 heavy (non-hydrogen) atoms. The maximum atomic E-state index is 14.0. The lowest BCUT2D eigenvalue weighted by molar-refractivity contribution is 0.0685. The number of nitrogens with one attached hydrogen (secondary N) is 1. The van der Waals surface area contributed by atoms with Gasteiger partial charge in [0.15, 0.2) is 0 Å². The van der Waals surface area contributed by atoms with E-state index in [0.29, 0.717) is 44.8 Å². The third-order valence-corrected chi connectivity index (χ3v) is 7.64. The Kier molecular flexibility index (Phi) is 6.60. The largest absolute Gasteiger partial charge is 0.497 e. The van der Waals surface area contributed by atoms with E-state index in [0.717, 1.165) is 39.0 Å². The van der Waals surface area contributed by atoms with Gasteiger partial charge in [-0.1, -0.05) is 30.3 Å². The molecular formula is C31H32N4O4. The number of ether oxygens (including phenoxy) is 2. The average molecular weight is 525 g/mol. The molecule has 0 atom stereocenters. The van der Waals surface area contributed by atoms with Crippen molar-refractivity contribution in [3.63, 3.8) is 0 Å². The van der Waals surface area contributed by atoms with E-state index in [1.54, 1.807) is 7.11 Å². The van der Waals surface area contributed by atoms with Crippen LogP contribution in [-0.4, -0.2) is 51.7 Å². The number of hydrogen-bond donors (Lipinski definition) is 1. The number of likely N-dealkylation sites (tertiary alicyclic amines) is 1. The van der Waals surface area contributed by atoms with Crippen LogP contribution >= 0.6 is 0 Å². The normalized spacial score (nSPS) is 14.3. The summed E-state index contributed by atoms with van der Waals surface area (Å²) in [4.78, 5) is 31.6. The van der Waals surface area contributed by atoms with Crippen LogP contribution in [0.15, 0.2) is 77.6 Å². The van der Waals surface area contributed by atoms with Gasteiger partial charge in [0.2, 0.25) is 0 Å². The minimum absolute atomic E-state index is 0.0127. The Morgan fingerprint density at radius 1 is 0.974 bits per heavy atom. The Balaban J connectivity index is 1.31. The van der Waals surface area contributed by atoms with E-state index in [-0.39, 0.29) is 17.6 Å². The quantitative estimate of drug-likeness (QED) is 0.317. The summed E-state index contributed by atoms with van der Waals surface area (Å²) in [5.41, 5.74) is 4.28. The number of hydrogen-bond acceptors (Lipinski definition) is 4. The average Bonchev–Trinajstić information content (AvgIpc) is 3.50. The fourth-order valence-electron chi connectivity index (χ4n) is 5.77. The van der Waals surface area contributed by atoms with Gasteiger partial charge in [-0.2, -0.15) is 0 Å². The highest BCUT2D eigenvalue weighted by Crippen LogP contribution is 2.32. The molecule has 5 aromatic rings. The molecule has 1 fully saturated rings. The number of nitrogens with zero attached hydrogens (tertiary/aromatic N) is 3. The molecule has 1 aliphatic heterocycles. The van der Waals surface area contributed by atoms with Crippen LogP contribution in [0, 0.1) is 0 Å². The number of benzene rings is 3. The van der Waals surface area contributed by atoms with Gasteiger partial charge < -0.3 is 23.9 Å². The summed E-state index contributed by atoms with van der Waals surface area (Å²) < 4.78 is 15.3. The predicted octanol–water partition coefficient (Wildman–Crippen LogP) is 5.22. The van der Waals surface area contributed by atoms with Crippen LogP contribution in [0.3, 0.4) is 0 Å². The summed E-state index contributed by atoms with van der Waals surface area (Å²) in [7, 11) is 1.65. The zero-order chi connectivity index (χ0) is 26.9. The summed E-state index contributed by atoms with van der Waals surface area (Å²) in [6.45, 7) is 4.19. The van der Waals surface area contributed by atoms with E-state index in [2.05, 4.69) is 9.55 Å². The second kappa shape index (κ2) is 10.4. The Morgan fingerprint density at radius 2 is 1.74 bits per heavy atom. The lowest BCUT2D eigenvalue weighted by atomic mass is 10.0. The highest BCUT2D eigenvalue weighted by atomic mass is 16.5. The predicted molar refractivity (Wildman–Crippen MR) is 152 cm³/mol. The van der Waals surface area contributed by atoms with Crippen molar-refractivity contribution in [3.8, 4) is 11.5 Å². The molecule has 8 heteroatoms. The van der Waals surface area contributed by atoms with Crippen molar-refractivity contribution >= 4 is 27.8 Å². The number of fused-ring (bicyclic) bond motifs is 2. The van der Waals surface area contributed by atoms with E-state index in [1.807, 2.05) is 89.2 Å². The zero-order valence-electron chi connectivity index (χ0n) is 22.2. The number of methoxy groups -OCH3 is 1. The number of rotatable bonds is 7. The van der Waals surface area contributed by atoms with Gasteiger partial charge >= 0.3 is 5.69 Å². The molecule has 0 saturated carbocycles. The summed E-state index contributed by atoms with van der Waals surface area (Å²) in [6.07, 6.45) is 1.43. The Bertz CT molecular complexity index is 1700. The van der Waals surface area contributed by atoms with Crippen LogP contribution in [0.5, 0.6) is 11.5 Å².